The van der Waals surface area contributed by atoms with Crippen LogP contribution in [0.5, 0.6) is 0 Å². The maximum atomic E-state index is 12.3. The molecule has 1 fully saturated rings. The largest absolute Gasteiger partial charge is 0.459 e. The van der Waals surface area contributed by atoms with Crippen LogP contribution in [0.25, 0.3) is 0 Å². The van der Waals surface area contributed by atoms with E-state index >= 15 is 0 Å². The molecular formula is C14H17N3O3. The first-order chi connectivity index (χ1) is 9.78. The Morgan fingerprint density at radius 1 is 1.55 bits per heavy atom. The topological polar surface area (TPSA) is 72.4 Å². The summed E-state index contributed by atoms with van der Waals surface area (Å²) in [7, 11) is 0. The van der Waals surface area contributed by atoms with Gasteiger partial charge in [-0.25, -0.2) is 0 Å². The van der Waals surface area contributed by atoms with Crippen molar-refractivity contribution in [2.24, 2.45) is 0 Å². The fourth-order valence-electron chi connectivity index (χ4n) is 2.50. The Morgan fingerprint density at radius 2 is 2.45 bits per heavy atom. The lowest BCUT2D eigenvalue weighted by Gasteiger charge is -2.30. The second kappa shape index (κ2) is 5.48. The fraction of sp³-hybridized carbons (Fsp3) is 0.500. The van der Waals surface area contributed by atoms with Crippen LogP contribution in [0.3, 0.4) is 0 Å². The number of amides is 1. The lowest BCUT2D eigenvalue weighted by molar-refractivity contribution is 0.0663. The number of hydrogen-bond acceptors (Lipinski definition) is 5. The highest BCUT2D eigenvalue weighted by Crippen LogP contribution is 2.26. The van der Waals surface area contributed by atoms with E-state index < -0.39 is 0 Å². The Bertz CT molecular complexity index is 576. The van der Waals surface area contributed by atoms with E-state index in [1.165, 1.54) is 6.26 Å². The summed E-state index contributed by atoms with van der Waals surface area (Å²) >= 11 is 0. The molecule has 1 saturated heterocycles. The van der Waals surface area contributed by atoms with Gasteiger partial charge in [0.2, 0.25) is 5.89 Å². The summed E-state index contributed by atoms with van der Waals surface area (Å²) in [6.07, 6.45) is 4.17. The SMILES string of the molecule is CCc1noc([C@@H]2CCCN(C(=O)c3ccco3)C2)n1. The Kier molecular flexibility index (Phi) is 3.54. The minimum absolute atomic E-state index is 0.0741. The molecule has 1 atom stereocenters. The van der Waals surface area contributed by atoms with E-state index in [0.717, 1.165) is 31.6 Å². The average molecular weight is 275 g/mol. The normalized spacial score (nSPS) is 19.2. The molecule has 20 heavy (non-hydrogen) atoms. The van der Waals surface area contributed by atoms with Crippen LogP contribution in [0.15, 0.2) is 27.3 Å². The molecule has 6 nitrogen and oxygen atoms in total. The summed E-state index contributed by atoms with van der Waals surface area (Å²) in [6.45, 7) is 3.33. The molecule has 0 N–H and O–H groups in total. The van der Waals surface area contributed by atoms with Crippen LogP contribution in [0.4, 0.5) is 0 Å². The second-order valence-corrected chi connectivity index (χ2v) is 4.97. The summed E-state index contributed by atoms with van der Waals surface area (Å²) in [5.41, 5.74) is 0. The molecule has 6 heteroatoms. The van der Waals surface area contributed by atoms with E-state index in [0.29, 0.717) is 18.2 Å². The smallest absolute Gasteiger partial charge is 0.289 e. The van der Waals surface area contributed by atoms with Crippen molar-refractivity contribution in [3.8, 4) is 0 Å². The molecule has 0 spiro atoms. The highest BCUT2D eigenvalue weighted by molar-refractivity contribution is 5.91. The van der Waals surface area contributed by atoms with Gasteiger partial charge in [0.15, 0.2) is 11.6 Å². The van der Waals surface area contributed by atoms with Crippen LogP contribution in [-0.2, 0) is 6.42 Å². The maximum Gasteiger partial charge on any atom is 0.289 e. The van der Waals surface area contributed by atoms with E-state index in [2.05, 4.69) is 10.1 Å². The molecule has 0 aromatic carbocycles. The van der Waals surface area contributed by atoms with Crippen molar-refractivity contribution in [3.05, 3.63) is 35.9 Å². The van der Waals surface area contributed by atoms with Gasteiger partial charge in [-0.05, 0) is 25.0 Å². The number of aryl methyl sites for hydroxylation is 1. The highest BCUT2D eigenvalue weighted by Gasteiger charge is 2.29. The van der Waals surface area contributed by atoms with Crippen molar-refractivity contribution in [2.45, 2.75) is 32.1 Å². The van der Waals surface area contributed by atoms with Gasteiger partial charge in [-0.3, -0.25) is 4.79 Å². The second-order valence-electron chi connectivity index (χ2n) is 4.97. The predicted molar refractivity (Wildman–Crippen MR) is 70.3 cm³/mol. The van der Waals surface area contributed by atoms with Gasteiger partial charge in [0.1, 0.15) is 0 Å². The number of carbonyl (C=O) groups excluding carboxylic acids is 1. The van der Waals surface area contributed by atoms with Gasteiger partial charge in [0.25, 0.3) is 5.91 Å². The third-order valence-electron chi connectivity index (χ3n) is 3.59. The molecule has 0 saturated carbocycles. The molecule has 2 aromatic heterocycles. The molecule has 106 valence electrons. The van der Waals surface area contributed by atoms with Crippen molar-refractivity contribution < 1.29 is 13.7 Å². The summed E-state index contributed by atoms with van der Waals surface area (Å²) in [5, 5.41) is 3.92. The first-order valence-corrected chi connectivity index (χ1v) is 6.93. The van der Waals surface area contributed by atoms with Gasteiger partial charge in [0, 0.05) is 19.5 Å². The van der Waals surface area contributed by atoms with E-state index in [4.69, 9.17) is 8.94 Å². The fourth-order valence-corrected chi connectivity index (χ4v) is 2.50. The summed E-state index contributed by atoms with van der Waals surface area (Å²) in [5.74, 6) is 1.78. The zero-order chi connectivity index (χ0) is 13.9. The van der Waals surface area contributed by atoms with E-state index in [-0.39, 0.29) is 11.8 Å². The first kappa shape index (κ1) is 12.9. The van der Waals surface area contributed by atoms with Crippen LogP contribution < -0.4 is 0 Å². The number of hydrogen-bond donors (Lipinski definition) is 0. The van der Waals surface area contributed by atoms with Gasteiger partial charge in [-0.1, -0.05) is 12.1 Å². The van der Waals surface area contributed by atoms with Crippen LogP contribution in [0, 0.1) is 0 Å². The van der Waals surface area contributed by atoms with Gasteiger partial charge in [-0.2, -0.15) is 4.98 Å². The monoisotopic (exact) mass is 275 g/mol. The highest BCUT2D eigenvalue weighted by atomic mass is 16.5. The Hall–Kier alpha value is -2.11. The van der Waals surface area contributed by atoms with Gasteiger partial charge in [0.05, 0.1) is 12.2 Å². The van der Waals surface area contributed by atoms with E-state index in [9.17, 15) is 4.79 Å². The molecule has 3 heterocycles. The van der Waals surface area contributed by atoms with Crippen LogP contribution in [-0.4, -0.2) is 34.0 Å². The number of likely N-dealkylation sites (tertiary alicyclic amines) is 1. The number of carbonyl (C=O) groups is 1. The van der Waals surface area contributed by atoms with E-state index in [1.54, 1.807) is 17.0 Å². The van der Waals surface area contributed by atoms with Gasteiger partial charge < -0.3 is 13.8 Å². The minimum Gasteiger partial charge on any atom is -0.459 e. The quantitative estimate of drug-likeness (QED) is 0.859. The zero-order valence-electron chi connectivity index (χ0n) is 11.4. The predicted octanol–water partition coefficient (Wildman–Crippen LogP) is 2.24. The molecular weight excluding hydrogens is 258 g/mol. The lowest BCUT2D eigenvalue weighted by atomic mass is 9.98. The standard InChI is InChI=1S/C14H17N3O3/c1-2-12-15-13(20-16-12)10-5-3-7-17(9-10)14(18)11-6-4-8-19-11/h4,6,8,10H,2-3,5,7,9H2,1H3/t10-/m1/s1. The summed E-state index contributed by atoms with van der Waals surface area (Å²) < 4.78 is 10.5. The summed E-state index contributed by atoms with van der Waals surface area (Å²) in [4.78, 5) is 18.4. The zero-order valence-corrected chi connectivity index (χ0v) is 11.4. The first-order valence-electron chi connectivity index (χ1n) is 6.93. The average Bonchev–Trinajstić information content (AvgIpc) is 3.17. The molecule has 1 aliphatic rings. The Morgan fingerprint density at radius 3 is 3.15 bits per heavy atom. The van der Waals surface area contributed by atoms with Crippen LogP contribution >= 0.6 is 0 Å². The number of rotatable bonds is 3. The van der Waals surface area contributed by atoms with E-state index in [1.807, 2.05) is 6.92 Å². The number of nitrogens with zero attached hydrogens (tertiary/aromatic N) is 3. The Balaban J connectivity index is 1.71. The molecule has 0 aliphatic carbocycles. The number of piperidine rings is 1. The molecule has 2 aromatic rings. The van der Waals surface area contributed by atoms with Crippen molar-refractivity contribution >= 4 is 5.91 Å². The van der Waals surface area contributed by atoms with Crippen molar-refractivity contribution in [2.75, 3.05) is 13.1 Å². The lowest BCUT2D eigenvalue weighted by Crippen LogP contribution is -2.39. The number of aromatic nitrogens is 2. The molecule has 0 unspecified atom stereocenters. The Labute approximate surface area is 116 Å². The minimum atomic E-state index is -0.0741. The molecule has 0 radical (unpaired) electrons. The third-order valence-corrected chi connectivity index (χ3v) is 3.59. The van der Waals surface area contributed by atoms with Gasteiger partial charge >= 0.3 is 0 Å². The van der Waals surface area contributed by atoms with Crippen molar-refractivity contribution in [1.29, 1.82) is 0 Å². The molecule has 0 bridgehead atoms. The van der Waals surface area contributed by atoms with Crippen molar-refractivity contribution in [3.63, 3.8) is 0 Å². The van der Waals surface area contributed by atoms with Crippen LogP contribution in [0.1, 0.15) is 48.0 Å². The maximum absolute atomic E-state index is 12.3. The third kappa shape index (κ3) is 2.45. The summed E-state index contributed by atoms with van der Waals surface area (Å²) in [6, 6.07) is 3.41. The number of furan rings is 1. The molecule has 1 aliphatic heterocycles. The molecule has 1 amide bonds. The van der Waals surface area contributed by atoms with Gasteiger partial charge in [-0.15, -0.1) is 0 Å². The van der Waals surface area contributed by atoms with Crippen LogP contribution in [0.2, 0.25) is 0 Å². The molecule has 3 rings (SSSR count). The van der Waals surface area contributed by atoms with Crippen molar-refractivity contribution in [1.82, 2.24) is 15.0 Å².